The van der Waals surface area contributed by atoms with Crippen molar-refractivity contribution in [1.82, 2.24) is 0 Å². The highest BCUT2D eigenvalue weighted by molar-refractivity contribution is 6.19. The molecular weight excluding hydrogens is 989 g/mol. The smallest absolute Gasteiger partial charge is 0.136 e. The van der Waals surface area contributed by atoms with Crippen LogP contribution in [-0.2, 0) is 10.8 Å². The van der Waals surface area contributed by atoms with E-state index in [-0.39, 0.29) is 10.8 Å². The number of nitrogens with zero attached hydrogens (tertiary/aromatic N) is 2. The zero-order chi connectivity index (χ0) is 54.7. The first-order valence-corrected chi connectivity index (χ1v) is 28.0. The molecule has 0 atom stereocenters. The summed E-state index contributed by atoms with van der Waals surface area (Å²) in [5.41, 5.74) is 18.5. The molecule has 0 fully saturated rings. The van der Waals surface area contributed by atoms with Gasteiger partial charge in [0.15, 0.2) is 0 Å². The third-order valence-electron chi connectivity index (χ3n) is 16.5. The lowest BCUT2D eigenvalue weighted by atomic mass is 9.87. The predicted octanol–water partition coefficient (Wildman–Crippen LogP) is 22.6. The number of rotatable bonds is 8. The molecule has 12 aromatic carbocycles. The van der Waals surface area contributed by atoms with Crippen LogP contribution in [0.15, 0.2) is 256 Å². The molecule has 390 valence electrons. The molecular formula is C76H58N2O3. The molecule has 5 heteroatoms. The van der Waals surface area contributed by atoms with E-state index in [0.717, 1.165) is 144 Å². The summed E-state index contributed by atoms with van der Waals surface area (Å²) in [7, 11) is 0. The van der Waals surface area contributed by atoms with Gasteiger partial charge in [0, 0.05) is 66.2 Å². The van der Waals surface area contributed by atoms with E-state index in [4.69, 9.17) is 13.3 Å². The van der Waals surface area contributed by atoms with Crippen molar-refractivity contribution in [3.8, 4) is 22.3 Å². The van der Waals surface area contributed by atoms with Crippen LogP contribution in [0.4, 0.5) is 34.1 Å². The van der Waals surface area contributed by atoms with Crippen LogP contribution in [0.1, 0.15) is 52.7 Å². The molecule has 5 nitrogen and oxygen atoms in total. The normalized spacial score (nSPS) is 12.3. The fraction of sp³-hybridized carbons (Fsp3) is 0.105. The van der Waals surface area contributed by atoms with Crippen LogP contribution in [-0.4, -0.2) is 0 Å². The molecule has 0 bridgehead atoms. The van der Waals surface area contributed by atoms with Gasteiger partial charge in [0.2, 0.25) is 0 Å². The van der Waals surface area contributed by atoms with Crippen LogP contribution in [0.5, 0.6) is 0 Å². The lowest BCUT2D eigenvalue weighted by Crippen LogP contribution is -2.14. The second kappa shape index (κ2) is 18.4. The van der Waals surface area contributed by atoms with Gasteiger partial charge in [-0.1, -0.05) is 175 Å². The SMILES string of the molecule is CC(C)(C)c1ccc(N(c2ccc3cc4c(cc3c2)oc2cc3cc(N(c5ccc(C(C)(C)C)cc5)c5ccc6oc7ccccc7c6c5-c5ccccc5)ccc3cc24)c2ccc3oc4ccccc4c3c2-c2ccccc2)cc1. The second-order valence-corrected chi connectivity index (χ2v) is 23.7. The largest absolute Gasteiger partial charge is 0.456 e. The molecule has 15 rings (SSSR count). The average molecular weight is 1050 g/mol. The van der Waals surface area contributed by atoms with Crippen molar-refractivity contribution in [1.29, 1.82) is 0 Å². The Labute approximate surface area is 470 Å². The van der Waals surface area contributed by atoms with Gasteiger partial charge in [-0.3, -0.25) is 0 Å². The Morgan fingerprint density at radius 2 is 0.642 bits per heavy atom. The third-order valence-corrected chi connectivity index (χ3v) is 16.5. The molecule has 3 heterocycles. The first-order chi connectivity index (χ1) is 39.4. The number of hydrogen-bond donors (Lipinski definition) is 0. The topological polar surface area (TPSA) is 45.9 Å². The van der Waals surface area contributed by atoms with E-state index in [1.165, 1.54) is 11.1 Å². The fourth-order valence-corrected chi connectivity index (χ4v) is 12.4. The van der Waals surface area contributed by atoms with Gasteiger partial charge >= 0.3 is 0 Å². The van der Waals surface area contributed by atoms with Crippen LogP contribution >= 0.6 is 0 Å². The predicted molar refractivity (Wildman–Crippen MR) is 341 cm³/mol. The quantitative estimate of drug-likeness (QED) is 0.152. The van der Waals surface area contributed by atoms with Crippen LogP contribution in [0.3, 0.4) is 0 Å². The Morgan fingerprint density at radius 1 is 0.272 bits per heavy atom. The number of furan rings is 3. The molecule has 0 unspecified atom stereocenters. The highest BCUT2D eigenvalue weighted by Crippen LogP contribution is 2.50. The van der Waals surface area contributed by atoms with E-state index in [9.17, 15) is 0 Å². The Bertz CT molecular complexity index is 4620. The molecule has 0 aliphatic rings. The molecule has 0 amide bonds. The van der Waals surface area contributed by atoms with E-state index in [1.54, 1.807) is 0 Å². The highest BCUT2D eigenvalue weighted by atomic mass is 16.3. The molecule has 81 heavy (non-hydrogen) atoms. The molecule has 3 aromatic heterocycles. The van der Waals surface area contributed by atoms with Crippen LogP contribution in [0.25, 0.3) is 110 Å². The number of benzene rings is 12. The fourth-order valence-electron chi connectivity index (χ4n) is 12.4. The maximum Gasteiger partial charge on any atom is 0.136 e. The summed E-state index contributed by atoms with van der Waals surface area (Å²) < 4.78 is 20.0. The first-order valence-electron chi connectivity index (χ1n) is 28.0. The van der Waals surface area contributed by atoms with Gasteiger partial charge in [0.1, 0.15) is 33.5 Å². The maximum atomic E-state index is 6.96. The molecule has 0 radical (unpaired) electrons. The summed E-state index contributed by atoms with van der Waals surface area (Å²) in [6.07, 6.45) is 0. The van der Waals surface area contributed by atoms with E-state index < -0.39 is 0 Å². The number of hydrogen-bond acceptors (Lipinski definition) is 5. The van der Waals surface area contributed by atoms with E-state index in [1.807, 2.05) is 12.1 Å². The second-order valence-electron chi connectivity index (χ2n) is 23.7. The van der Waals surface area contributed by atoms with Gasteiger partial charge in [-0.25, -0.2) is 0 Å². The molecule has 0 spiro atoms. The Balaban J connectivity index is 0.887. The minimum atomic E-state index is 0.000482. The van der Waals surface area contributed by atoms with Crippen molar-refractivity contribution in [2.75, 3.05) is 9.80 Å². The minimum Gasteiger partial charge on any atom is -0.456 e. The summed E-state index contributed by atoms with van der Waals surface area (Å²) in [5, 5.41) is 11.0. The van der Waals surface area contributed by atoms with Crippen LogP contribution in [0.2, 0.25) is 0 Å². The summed E-state index contributed by atoms with van der Waals surface area (Å²) in [5.74, 6) is 0. The molecule has 0 saturated carbocycles. The average Bonchev–Trinajstić information content (AvgIpc) is 3.58. The van der Waals surface area contributed by atoms with Gasteiger partial charge in [-0.15, -0.1) is 0 Å². The molecule has 0 saturated heterocycles. The standard InChI is InChI=1S/C76H58N2O3/c1-75(2,3)53-27-33-55(34-28-53)77(63-37-39-67-73(59-21-13-15-23-65(59)79-67)71(63)47-17-9-7-10-18-47)57-31-25-49-43-61-62-44-50-26-32-58(42-52(50)46-70(62)81-69(61)45-51(49)41-57)78(56-35-29-54(30-36-56)76(4,5)6)64-38-40-68-74(60-22-14-16-24-66(60)80-68)72(64)48-19-11-8-12-20-48/h7-46H,1-6H3. The maximum absolute atomic E-state index is 6.96. The van der Waals surface area contributed by atoms with Crippen molar-refractivity contribution in [3.05, 3.63) is 254 Å². The Kier molecular flexibility index (Phi) is 11.0. The zero-order valence-corrected chi connectivity index (χ0v) is 46.2. The van der Waals surface area contributed by atoms with Crippen molar-refractivity contribution < 1.29 is 13.3 Å². The van der Waals surface area contributed by atoms with Crippen molar-refractivity contribution >= 4 is 121 Å². The highest BCUT2D eigenvalue weighted by Gasteiger charge is 2.27. The summed E-state index contributed by atoms with van der Waals surface area (Å²) in [4.78, 5) is 4.81. The summed E-state index contributed by atoms with van der Waals surface area (Å²) in [6, 6.07) is 87.7. The lowest BCUT2D eigenvalue weighted by molar-refractivity contribution is 0.590. The third kappa shape index (κ3) is 8.14. The molecule has 0 aliphatic carbocycles. The van der Waals surface area contributed by atoms with Crippen molar-refractivity contribution in [2.24, 2.45) is 0 Å². The van der Waals surface area contributed by atoms with E-state index >= 15 is 0 Å². The minimum absolute atomic E-state index is 0.000482. The van der Waals surface area contributed by atoms with E-state index in [0.29, 0.717) is 0 Å². The van der Waals surface area contributed by atoms with Gasteiger partial charge in [0.25, 0.3) is 0 Å². The molecule has 0 N–H and O–H groups in total. The van der Waals surface area contributed by atoms with E-state index in [2.05, 4.69) is 282 Å². The first kappa shape index (κ1) is 48.3. The van der Waals surface area contributed by atoms with Gasteiger partial charge in [-0.05, 0) is 164 Å². The number of anilines is 6. The zero-order valence-electron chi connectivity index (χ0n) is 46.2. The Morgan fingerprint density at radius 3 is 1.05 bits per heavy atom. The van der Waals surface area contributed by atoms with Crippen molar-refractivity contribution in [3.63, 3.8) is 0 Å². The van der Waals surface area contributed by atoms with Crippen LogP contribution in [0, 0.1) is 0 Å². The lowest BCUT2D eigenvalue weighted by Gasteiger charge is -2.29. The van der Waals surface area contributed by atoms with Gasteiger partial charge in [0.05, 0.1) is 11.4 Å². The van der Waals surface area contributed by atoms with Gasteiger partial charge in [-0.2, -0.15) is 0 Å². The number of para-hydroxylation sites is 2. The number of fused-ring (bicyclic) bond motifs is 11. The van der Waals surface area contributed by atoms with Crippen molar-refractivity contribution in [2.45, 2.75) is 52.4 Å². The van der Waals surface area contributed by atoms with Crippen LogP contribution < -0.4 is 9.80 Å². The summed E-state index contributed by atoms with van der Waals surface area (Å²) in [6.45, 7) is 13.6. The Hall–Kier alpha value is -9.84. The monoisotopic (exact) mass is 1050 g/mol. The van der Waals surface area contributed by atoms with Gasteiger partial charge < -0.3 is 23.1 Å². The molecule has 0 aliphatic heterocycles. The summed E-state index contributed by atoms with van der Waals surface area (Å²) >= 11 is 0. The molecule has 15 aromatic rings.